The minimum absolute atomic E-state index is 0.0112. The topological polar surface area (TPSA) is 99.4 Å². The first-order valence-corrected chi connectivity index (χ1v) is 10.1. The summed E-state index contributed by atoms with van der Waals surface area (Å²) < 4.78 is 79.4. The average molecular weight is 486 g/mol. The fourth-order valence-corrected chi connectivity index (χ4v) is 3.27. The molecule has 0 aliphatic carbocycles. The summed E-state index contributed by atoms with van der Waals surface area (Å²) in [6, 6.07) is 6.30. The van der Waals surface area contributed by atoms with Crippen LogP contribution in [0.25, 0.3) is 11.0 Å². The van der Waals surface area contributed by atoms with Gasteiger partial charge in [0.1, 0.15) is 11.5 Å². The van der Waals surface area contributed by atoms with Crippen molar-refractivity contribution >= 4 is 16.9 Å². The summed E-state index contributed by atoms with van der Waals surface area (Å²) in [6.07, 6.45) is -9.79. The number of hydrogen-bond donors (Lipinski definition) is 2. The molecule has 3 rings (SSSR count). The Morgan fingerprint density at radius 3 is 2.53 bits per heavy atom. The van der Waals surface area contributed by atoms with E-state index in [4.69, 9.17) is 5.26 Å². The Hall–Kier alpha value is -3.56. The van der Waals surface area contributed by atoms with Crippen molar-refractivity contribution in [1.29, 1.82) is 5.26 Å². The van der Waals surface area contributed by atoms with Crippen molar-refractivity contribution in [2.75, 3.05) is 0 Å². The highest BCUT2D eigenvalue weighted by Gasteiger charge is 2.49. The summed E-state index contributed by atoms with van der Waals surface area (Å²) >= 11 is 0. The molecule has 182 valence electrons. The highest BCUT2D eigenvalue weighted by Crippen LogP contribution is 2.43. The smallest absolute Gasteiger partial charge is 0.341 e. The third-order valence-electron chi connectivity index (χ3n) is 5.30. The number of halogens is 6. The maximum atomic E-state index is 13.6. The minimum Gasteiger partial charge on any atom is -0.341 e. The van der Waals surface area contributed by atoms with Gasteiger partial charge in [-0.05, 0) is 30.7 Å². The van der Waals surface area contributed by atoms with Gasteiger partial charge in [0, 0.05) is 6.20 Å². The number of alkyl halides is 6. The van der Waals surface area contributed by atoms with Crippen molar-refractivity contribution in [3.05, 3.63) is 47.5 Å². The first kappa shape index (κ1) is 25.1. The van der Waals surface area contributed by atoms with E-state index in [-0.39, 0.29) is 11.5 Å². The molecule has 2 heterocycles. The lowest BCUT2D eigenvalue weighted by Gasteiger charge is -2.31. The molecule has 1 atom stereocenters. The van der Waals surface area contributed by atoms with E-state index in [1.54, 1.807) is 0 Å². The number of carbonyl (C=O) groups is 1. The summed E-state index contributed by atoms with van der Waals surface area (Å²) in [7, 11) is 0. The van der Waals surface area contributed by atoms with Crippen LogP contribution >= 0.6 is 0 Å². The van der Waals surface area contributed by atoms with Crippen LogP contribution in [0.3, 0.4) is 0 Å². The van der Waals surface area contributed by atoms with Gasteiger partial charge in [-0.15, -0.1) is 0 Å². The number of benzene rings is 1. The van der Waals surface area contributed by atoms with Gasteiger partial charge in [0.25, 0.3) is 5.91 Å². The Morgan fingerprint density at radius 1 is 1.21 bits per heavy atom. The van der Waals surface area contributed by atoms with Crippen LogP contribution in [0.4, 0.5) is 26.3 Å². The van der Waals surface area contributed by atoms with Gasteiger partial charge < -0.3 is 10.3 Å². The molecular formula is C21H20F6N6O. The van der Waals surface area contributed by atoms with Gasteiger partial charge >= 0.3 is 12.4 Å². The molecule has 0 saturated heterocycles. The molecule has 2 N–H and O–H groups in total. The second kappa shape index (κ2) is 9.00. The van der Waals surface area contributed by atoms with Gasteiger partial charge in [-0.25, -0.2) is 4.98 Å². The van der Waals surface area contributed by atoms with Gasteiger partial charge in [-0.3, -0.25) is 9.48 Å². The van der Waals surface area contributed by atoms with E-state index in [9.17, 15) is 31.1 Å². The molecule has 2 aromatic heterocycles. The van der Waals surface area contributed by atoms with Gasteiger partial charge in [-0.1, -0.05) is 13.8 Å². The van der Waals surface area contributed by atoms with Crippen LogP contribution in [0.5, 0.6) is 0 Å². The fourth-order valence-electron chi connectivity index (χ4n) is 3.27. The van der Waals surface area contributed by atoms with Crippen molar-refractivity contribution < 1.29 is 31.1 Å². The normalized spacial score (nSPS) is 13.6. The van der Waals surface area contributed by atoms with Gasteiger partial charge in [0.05, 0.1) is 47.1 Å². The molecule has 3 aromatic rings. The summed E-state index contributed by atoms with van der Waals surface area (Å²) in [5, 5.41) is 15.2. The minimum atomic E-state index is -4.61. The predicted octanol–water partition coefficient (Wildman–Crippen LogP) is 5.03. The summed E-state index contributed by atoms with van der Waals surface area (Å²) in [5.74, 6) is -0.891. The molecular weight excluding hydrogens is 466 g/mol. The Bertz CT molecular complexity index is 1220. The number of fused-ring (bicyclic) bond motifs is 1. The third-order valence-corrected chi connectivity index (χ3v) is 5.30. The van der Waals surface area contributed by atoms with Crippen molar-refractivity contribution in [3.8, 4) is 6.07 Å². The number of rotatable bonds is 7. The Kier molecular flexibility index (Phi) is 6.64. The summed E-state index contributed by atoms with van der Waals surface area (Å²) in [5.41, 5.74) is -1.42. The van der Waals surface area contributed by atoms with Crippen LogP contribution in [-0.4, -0.2) is 38.0 Å². The zero-order chi connectivity index (χ0) is 25.3. The highest BCUT2D eigenvalue weighted by atomic mass is 19.4. The van der Waals surface area contributed by atoms with E-state index in [1.807, 2.05) is 6.07 Å². The molecule has 0 spiro atoms. The number of hydrogen-bond acceptors (Lipinski definition) is 4. The maximum absolute atomic E-state index is 13.6. The zero-order valence-electron chi connectivity index (χ0n) is 18.1. The van der Waals surface area contributed by atoms with Crippen LogP contribution < -0.4 is 5.32 Å². The fraction of sp³-hybridized carbons (Fsp3) is 0.429. The number of aromatic nitrogens is 4. The van der Waals surface area contributed by atoms with E-state index in [1.165, 1.54) is 24.3 Å². The Labute approximate surface area is 189 Å². The second-order valence-corrected chi connectivity index (χ2v) is 8.38. The lowest BCUT2D eigenvalue weighted by atomic mass is 9.84. The number of imidazole rings is 1. The van der Waals surface area contributed by atoms with Crippen molar-refractivity contribution in [1.82, 2.24) is 25.1 Å². The van der Waals surface area contributed by atoms with Gasteiger partial charge in [-0.2, -0.15) is 36.7 Å². The highest BCUT2D eigenvalue weighted by molar-refractivity contribution is 5.92. The molecule has 1 aromatic carbocycles. The molecule has 1 unspecified atom stereocenters. The number of aryl methyl sites for hydroxylation is 1. The molecule has 1 amide bonds. The number of nitrogens with one attached hydrogen (secondary N) is 2. The number of nitrogens with zero attached hydrogens (tertiary/aromatic N) is 4. The van der Waals surface area contributed by atoms with Crippen LogP contribution in [0.1, 0.15) is 54.6 Å². The summed E-state index contributed by atoms with van der Waals surface area (Å²) in [4.78, 5) is 20.0. The molecule has 0 aliphatic rings. The lowest BCUT2D eigenvalue weighted by Crippen LogP contribution is -2.39. The third kappa shape index (κ3) is 5.67. The molecule has 34 heavy (non-hydrogen) atoms. The summed E-state index contributed by atoms with van der Waals surface area (Å²) in [6.45, 7) is 1.31. The van der Waals surface area contributed by atoms with Gasteiger partial charge in [0.2, 0.25) is 0 Å². The Balaban J connectivity index is 1.93. The largest absolute Gasteiger partial charge is 0.394 e. The number of carbonyl (C=O) groups excluding carboxylic acids is 1. The first-order chi connectivity index (χ1) is 15.7. The van der Waals surface area contributed by atoms with Gasteiger partial charge in [0.15, 0.2) is 0 Å². The van der Waals surface area contributed by atoms with Crippen LogP contribution in [0.2, 0.25) is 0 Å². The quantitative estimate of drug-likeness (QED) is 0.458. The molecule has 7 nitrogen and oxygen atoms in total. The molecule has 0 radical (unpaired) electrons. The Morgan fingerprint density at radius 2 is 1.91 bits per heavy atom. The van der Waals surface area contributed by atoms with E-state index >= 15 is 0 Å². The molecule has 0 aliphatic heterocycles. The SMILES string of the molecule is CC(C)(CC(NC(=O)c1ccnn1CCC(F)(F)F)c1nc2ccc(C#N)cc2[nH]1)C(F)(F)F. The van der Waals surface area contributed by atoms with E-state index in [0.717, 1.165) is 24.7 Å². The van der Waals surface area contributed by atoms with Crippen LogP contribution in [0, 0.1) is 16.7 Å². The molecule has 13 heteroatoms. The number of nitriles is 1. The van der Waals surface area contributed by atoms with E-state index in [0.29, 0.717) is 16.6 Å². The first-order valence-electron chi connectivity index (χ1n) is 10.1. The molecule has 0 saturated carbocycles. The molecule has 0 bridgehead atoms. The lowest BCUT2D eigenvalue weighted by molar-refractivity contribution is -0.215. The number of H-pyrrole nitrogens is 1. The number of aromatic amines is 1. The van der Waals surface area contributed by atoms with Crippen molar-refractivity contribution in [3.63, 3.8) is 0 Å². The number of amides is 1. The second-order valence-electron chi connectivity index (χ2n) is 8.38. The van der Waals surface area contributed by atoms with Crippen LogP contribution in [0.15, 0.2) is 30.5 Å². The predicted molar refractivity (Wildman–Crippen MR) is 108 cm³/mol. The standard InChI is InChI=1S/C21H20F6N6O/c1-19(2,21(25,26)27)10-15(17-30-13-4-3-12(11-28)9-14(13)31-17)32-18(34)16-5-7-29-33(16)8-6-20(22,23)24/h3-5,7,9,15H,6,8,10H2,1-2H3,(H,30,31)(H,32,34). The zero-order valence-corrected chi connectivity index (χ0v) is 18.1. The molecule has 0 fully saturated rings. The maximum Gasteiger partial charge on any atom is 0.394 e. The van der Waals surface area contributed by atoms with E-state index < -0.39 is 49.1 Å². The van der Waals surface area contributed by atoms with E-state index in [2.05, 4.69) is 20.4 Å². The van der Waals surface area contributed by atoms with Crippen molar-refractivity contribution in [2.24, 2.45) is 5.41 Å². The average Bonchev–Trinajstić information content (AvgIpc) is 3.36. The monoisotopic (exact) mass is 486 g/mol. The van der Waals surface area contributed by atoms with Crippen LogP contribution in [-0.2, 0) is 6.54 Å². The van der Waals surface area contributed by atoms with Crippen molar-refractivity contribution in [2.45, 2.75) is 51.6 Å².